The van der Waals surface area contributed by atoms with E-state index in [0.717, 1.165) is 34.1 Å². The summed E-state index contributed by atoms with van der Waals surface area (Å²) in [5.41, 5.74) is 6.01. The van der Waals surface area contributed by atoms with Crippen LogP contribution in [-0.2, 0) is 25.6 Å². The van der Waals surface area contributed by atoms with Crippen LogP contribution in [0.5, 0.6) is 28.7 Å². The third kappa shape index (κ3) is 14.0. The van der Waals surface area contributed by atoms with E-state index in [1.54, 1.807) is 72.7 Å². The van der Waals surface area contributed by atoms with E-state index in [1.807, 2.05) is 62.6 Å². The largest absolute Gasteiger partial charge is 0.497 e. The Kier molecular flexibility index (Phi) is 19.0. The fraction of sp³-hybridized carbons (Fsp3) is 0.333. The number of rotatable bonds is 25. The third-order valence-electron chi connectivity index (χ3n) is 14.7. The molecule has 0 bridgehead atoms. The van der Waals surface area contributed by atoms with Crippen LogP contribution in [-0.4, -0.2) is 120 Å². The number of amides is 5. The lowest BCUT2D eigenvalue weighted by molar-refractivity contribution is -0.130. The Bertz CT molecular complexity index is 3490. The minimum absolute atomic E-state index is 0.0773. The molecule has 4 aliphatic rings. The van der Waals surface area contributed by atoms with Crippen LogP contribution in [0.15, 0.2) is 114 Å². The van der Waals surface area contributed by atoms with Crippen molar-refractivity contribution in [1.82, 2.24) is 25.1 Å². The molecule has 5 heterocycles. The number of carbonyl (C=O) groups excluding carboxylic acids is 6. The summed E-state index contributed by atoms with van der Waals surface area (Å²) >= 11 is 6.10. The summed E-state index contributed by atoms with van der Waals surface area (Å²) in [6.45, 7) is 9.28. The highest BCUT2D eigenvalue weighted by Crippen LogP contribution is 2.42. The number of hydrogen-bond donors (Lipinski definition) is 3. The highest BCUT2D eigenvalue weighted by molar-refractivity contribution is 6.29. The summed E-state index contributed by atoms with van der Waals surface area (Å²) in [7, 11) is 4.66. The molecule has 436 valence electrons. The van der Waals surface area contributed by atoms with Gasteiger partial charge in [0.15, 0.2) is 28.8 Å². The molecular weight excluding hydrogens is 1090 g/mol. The number of methoxy groups -OCH3 is 3. The van der Waals surface area contributed by atoms with Crippen LogP contribution in [0, 0.1) is 11.8 Å². The second-order valence-corrected chi connectivity index (χ2v) is 21.4. The number of aryl methyl sites for hydroxylation is 1. The number of fused-ring (bicyclic) bond motifs is 4. The maximum absolute atomic E-state index is 14.1. The Labute approximate surface area is 492 Å². The topological polar surface area (TPSA) is 242 Å². The number of aliphatic imine (C=N–C) groups is 2. The molecule has 0 fully saturated rings. The number of nitrogens with zero attached hydrogens (tertiary/aromatic N) is 6. The van der Waals surface area contributed by atoms with Gasteiger partial charge in [-0.15, -0.1) is 0 Å². The Morgan fingerprint density at radius 2 is 1.26 bits per heavy atom. The molecule has 5 aromatic rings. The van der Waals surface area contributed by atoms with E-state index in [1.165, 1.54) is 20.3 Å². The first kappa shape index (κ1) is 59.5. The molecule has 5 amide bonds. The SMILES string of the molecule is C=CC(=O)Nc1cc(Cl)nc(CCCCC(=O)N[C@H](C(=O)C[C@@H](C)C(=O)Nc2ccc(C3=CN4C(=O)c5cc(OC)c(OCCCOc6cc7c(cc6OC)C(=O)N6C=C(c8ccc(OC)cc8)C[C@H]6C=N7)cc5N=C[C@@H]4C3)cc2)C(C)C)n1. The highest BCUT2D eigenvalue weighted by Gasteiger charge is 2.36. The van der Waals surface area contributed by atoms with Crippen LogP contribution >= 0.6 is 11.6 Å². The van der Waals surface area contributed by atoms with Gasteiger partial charge in [-0.25, -0.2) is 9.97 Å². The average Bonchev–Trinajstić information content (AvgIpc) is 3.99. The van der Waals surface area contributed by atoms with Crippen molar-refractivity contribution in [2.75, 3.05) is 45.2 Å². The monoisotopic (exact) mass is 1160 g/mol. The number of Topliss-reactive ketones (excluding diaryl/α,β-unsaturated/α-hetero) is 1. The lowest BCUT2D eigenvalue weighted by Crippen LogP contribution is -2.45. The zero-order valence-electron chi connectivity index (χ0n) is 47.6. The van der Waals surface area contributed by atoms with E-state index < -0.39 is 17.9 Å². The first-order chi connectivity index (χ1) is 40.5. The Balaban J connectivity index is 0.734. The summed E-state index contributed by atoms with van der Waals surface area (Å²) in [6.07, 6.45) is 11.5. The van der Waals surface area contributed by atoms with E-state index >= 15 is 0 Å². The number of ketones is 1. The first-order valence-corrected chi connectivity index (χ1v) is 28.1. The maximum Gasteiger partial charge on any atom is 0.260 e. The molecule has 4 atom stereocenters. The standard InChI is InChI=1S/C63H66ClN9O11/c1-8-58(75)70-57-31-55(64)68-56(69-57)12-9-10-13-59(76)71-60(36(2)3)50(74)24-37(4)61(77)67-42-18-14-38(15-19-42)40-25-43-32-65-48-29-53(51(81-6)27-46(48)62(78)72(43)34-40)83-22-11-23-84-54-30-49-47(28-52(54)82-7)63(79)73-35-41(26-44(73)33-66-49)39-16-20-45(80-5)21-17-39/h8,14-21,27-37,43-44,60H,1,9-13,22-26H2,2-7H3,(H,67,77)(H,71,76)(H,68,69,70,75)/t37-,43+,44+,60+/m1/s1. The predicted molar refractivity (Wildman–Crippen MR) is 320 cm³/mol. The van der Waals surface area contributed by atoms with Gasteiger partial charge >= 0.3 is 0 Å². The number of aromatic nitrogens is 2. The smallest absolute Gasteiger partial charge is 0.260 e. The van der Waals surface area contributed by atoms with E-state index in [-0.39, 0.29) is 84.4 Å². The van der Waals surface area contributed by atoms with E-state index in [2.05, 4.69) is 32.5 Å². The summed E-state index contributed by atoms with van der Waals surface area (Å²) in [5.74, 6) is 0.396. The van der Waals surface area contributed by atoms with Crippen LogP contribution in [0.4, 0.5) is 22.9 Å². The number of benzene rings is 4. The molecule has 0 saturated heterocycles. The molecule has 84 heavy (non-hydrogen) atoms. The quantitative estimate of drug-likeness (QED) is 0.0280. The van der Waals surface area contributed by atoms with Gasteiger partial charge in [0.25, 0.3) is 11.8 Å². The van der Waals surface area contributed by atoms with Crippen molar-refractivity contribution >= 4 is 93.4 Å². The van der Waals surface area contributed by atoms with Gasteiger partial charge in [0, 0.05) is 93.2 Å². The van der Waals surface area contributed by atoms with Gasteiger partial charge in [0.05, 0.1) is 75.2 Å². The number of ether oxygens (including phenoxy) is 5. The van der Waals surface area contributed by atoms with Gasteiger partial charge in [-0.1, -0.05) is 63.2 Å². The van der Waals surface area contributed by atoms with Crippen LogP contribution in [0.2, 0.25) is 5.15 Å². The van der Waals surface area contributed by atoms with E-state index in [4.69, 9.17) is 45.3 Å². The molecular formula is C63H66ClN9O11. The van der Waals surface area contributed by atoms with Crippen LogP contribution in [0.3, 0.4) is 0 Å². The molecule has 4 aromatic carbocycles. The zero-order valence-corrected chi connectivity index (χ0v) is 48.4. The van der Waals surface area contributed by atoms with E-state index in [9.17, 15) is 28.8 Å². The second-order valence-electron chi connectivity index (χ2n) is 21.0. The lowest BCUT2D eigenvalue weighted by Gasteiger charge is -2.23. The summed E-state index contributed by atoms with van der Waals surface area (Å²) in [4.78, 5) is 101. The van der Waals surface area contributed by atoms with Crippen LogP contribution in [0.1, 0.15) is 103 Å². The van der Waals surface area contributed by atoms with Crippen molar-refractivity contribution in [2.45, 2.75) is 90.3 Å². The van der Waals surface area contributed by atoms with Crippen molar-refractivity contribution in [3.8, 4) is 28.7 Å². The minimum atomic E-state index is -0.777. The van der Waals surface area contributed by atoms with Gasteiger partial charge in [-0.2, -0.15) is 0 Å². The number of anilines is 2. The molecule has 0 spiro atoms. The predicted octanol–water partition coefficient (Wildman–Crippen LogP) is 10.2. The molecule has 3 N–H and O–H groups in total. The normalized spacial score (nSPS) is 16.4. The average molecular weight is 1160 g/mol. The second kappa shape index (κ2) is 26.8. The number of carbonyl (C=O) groups is 6. The van der Waals surface area contributed by atoms with Crippen LogP contribution < -0.4 is 39.6 Å². The highest BCUT2D eigenvalue weighted by atomic mass is 35.5. The molecule has 1 aromatic heterocycles. The molecule has 0 radical (unpaired) electrons. The van der Waals surface area contributed by atoms with Crippen molar-refractivity contribution in [3.05, 3.63) is 137 Å². The molecule has 21 heteroatoms. The van der Waals surface area contributed by atoms with Crippen molar-refractivity contribution in [3.63, 3.8) is 0 Å². The number of unbranched alkanes of at least 4 members (excludes halogenated alkanes) is 1. The van der Waals surface area contributed by atoms with Crippen molar-refractivity contribution in [1.29, 1.82) is 0 Å². The lowest BCUT2D eigenvalue weighted by atomic mass is 9.92. The molecule has 0 saturated carbocycles. The van der Waals surface area contributed by atoms with Crippen molar-refractivity contribution in [2.24, 2.45) is 21.8 Å². The maximum atomic E-state index is 14.1. The zero-order chi connectivity index (χ0) is 59.6. The summed E-state index contributed by atoms with van der Waals surface area (Å²) < 4.78 is 29.0. The first-order valence-electron chi connectivity index (χ1n) is 27.7. The molecule has 0 unspecified atom stereocenters. The number of hydrogen-bond acceptors (Lipinski definition) is 15. The Hall–Kier alpha value is -9.17. The van der Waals surface area contributed by atoms with Gasteiger partial charge in [0.1, 0.15) is 22.5 Å². The van der Waals surface area contributed by atoms with Gasteiger partial charge in [-0.05, 0) is 83.5 Å². The molecule has 0 aliphatic carbocycles. The van der Waals surface area contributed by atoms with E-state index in [0.29, 0.717) is 95.5 Å². The van der Waals surface area contributed by atoms with Gasteiger partial charge < -0.3 is 49.4 Å². The molecule has 4 aliphatic heterocycles. The summed E-state index contributed by atoms with van der Waals surface area (Å²) in [5, 5.41) is 8.50. The summed E-state index contributed by atoms with van der Waals surface area (Å²) in [6, 6.07) is 21.8. The van der Waals surface area contributed by atoms with Crippen molar-refractivity contribution < 1.29 is 52.5 Å². The molecule has 9 rings (SSSR count). The van der Waals surface area contributed by atoms with Gasteiger partial charge in [0.2, 0.25) is 17.7 Å². The molecule has 20 nitrogen and oxygen atoms in total. The number of nitrogens with one attached hydrogen (secondary N) is 3. The Morgan fingerprint density at radius 1 is 0.702 bits per heavy atom. The number of halogens is 1. The fourth-order valence-corrected chi connectivity index (χ4v) is 10.4. The minimum Gasteiger partial charge on any atom is -0.497 e. The Morgan fingerprint density at radius 3 is 1.79 bits per heavy atom. The van der Waals surface area contributed by atoms with Crippen LogP contribution in [0.25, 0.3) is 11.1 Å². The van der Waals surface area contributed by atoms with Gasteiger partial charge in [-0.3, -0.25) is 38.8 Å². The third-order valence-corrected chi connectivity index (χ3v) is 14.9. The fourth-order valence-electron chi connectivity index (χ4n) is 10.2.